The summed E-state index contributed by atoms with van der Waals surface area (Å²) in [5.74, 6) is 2.67. The Morgan fingerprint density at radius 2 is 1.66 bits per heavy atom. The van der Waals surface area contributed by atoms with E-state index in [2.05, 4.69) is 59.1 Å². The molecule has 4 saturated carbocycles. The average Bonchev–Trinajstić information content (AvgIpc) is 3.50. The van der Waals surface area contributed by atoms with Crippen LogP contribution in [-0.2, 0) is 25.7 Å². The molecule has 280 valence electrons. The van der Waals surface area contributed by atoms with Crippen molar-refractivity contribution in [1.82, 2.24) is 10.6 Å². The summed E-state index contributed by atoms with van der Waals surface area (Å²) in [6.45, 7) is 19.5. The summed E-state index contributed by atoms with van der Waals surface area (Å²) >= 11 is 0. The predicted molar refractivity (Wildman–Crippen MR) is 199 cm³/mol. The van der Waals surface area contributed by atoms with Gasteiger partial charge in [0.05, 0.1) is 5.41 Å². The summed E-state index contributed by atoms with van der Waals surface area (Å²) < 4.78 is 11.7. The summed E-state index contributed by atoms with van der Waals surface area (Å²) in [6, 6.07) is 9.69. The number of nitrogens with one attached hydrogen (secondary N) is 2. The minimum absolute atomic E-state index is 0.0750. The van der Waals surface area contributed by atoms with E-state index in [1.165, 1.54) is 25.7 Å². The molecular formula is C43H68N2O5. The van der Waals surface area contributed by atoms with Gasteiger partial charge in [-0.05, 0) is 123 Å². The van der Waals surface area contributed by atoms with Crippen molar-refractivity contribution < 1.29 is 23.9 Å². The van der Waals surface area contributed by atoms with E-state index < -0.39 is 5.41 Å². The first-order valence-corrected chi connectivity index (χ1v) is 20.2. The molecule has 2 amide bonds. The number of carbonyl (C=O) groups excluding carboxylic acids is 3. The summed E-state index contributed by atoms with van der Waals surface area (Å²) in [5.41, 5.74) is 0.791. The molecule has 0 heterocycles. The number of amides is 2. The fourth-order valence-electron chi connectivity index (χ4n) is 11.9. The molecule has 0 aromatic heterocycles. The predicted octanol–water partition coefficient (Wildman–Crippen LogP) is 9.48. The van der Waals surface area contributed by atoms with Crippen LogP contribution in [-0.4, -0.2) is 37.2 Å². The Morgan fingerprint density at radius 3 is 2.34 bits per heavy atom. The van der Waals surface area contributed by atoms with Crippen molar-refractivity contribution in [3.8, 4) is 0 Å². The highest BCUT2D eigenvalue weighted by Crippen LogP contribution is 2.74. The van der Waals surface area contributed by atoms with Crippen LogP contribution in [0.4, 0.5) is 4.79 Å². The van der Waals surface area contributed by atoms with Gasteiger partial charge in [0, 0.05) is 12.0 Å². The summed E-state index contributed by atoms with van der Waals surface area (Å²) in [7, 11) is 0. The molecule has 4 fully saturated rings. The molecule has 2 N–H and O–H groups in total. The van der Waals surface area contributed by atoms with Crippen molar-refractivity contribution in [2.75, 3.05) is 13.1 Å². The Bertz CT molecular complexity index is 1330. The SMILES string of the molecule is CCCC[C@@H](OC(=O)NCC)C(C)(C)[C@@H]1CC[C@]2(C)[C@H](CCC3[C@@H]4[C@H](C(C)C)CC[C@]4(C(=O)NCC(=O)OCc4ccccc4)CC[C@]32C)C1. The molecule has 1 unspecified atom stereocenters. The van der Waals surface area contributed by atoms with Crippen LogP contribution >= 0.6 is 0 Å². The van der Waals surface area contributed by atoms with Crippen molar-refractivity contribution in [2.24, 2.45) is 57.2 Å². The Kier molecular flexibility index (Phi) is 12.0. The smallest absolute Gasteiger partial charge is 0.407 e. The maximum Gasteiger partial charge on any atom is 0.407 e. The van der Waals surface area contributed by atoms with E-state index in [9.17, 15) is 14.4 Å². The molecule has 0 radical (unpaired) electrons. The standard InChI is InChI=1S/C43H68N2O5/c1-9-11-17-35(50-39(48)44-10-2)40(5,6)31-20-22-41(7)32(26-31)18-19-34-37-33(29(3)4)21-23-43(37,25-24-42(34,41)8)38(47)45-27-36(46)49-28-30-15-13-12-14-16-30/h12-16,29,31-35,37H,9-11,17-28H2,1-8H3,(H,44,48)(H,45,47)/t31-,32-,33+,34?,35-,37+,41-,42-,43+/m1/s1. The maximum atomic E-state index is 14.3. The van der Waals surface area contributed by atoms with Gasteiger partial charge in [-0.2, -0.15) is 0 Å². The molecular weight excluding hydrogens is 624 g/mol. The summed E-state index contributed by atoms with van der Waals surface area (Å²) in [4.78, 5) is 39.7. The van der Waals surface area contributed by atoms with Gasteiger partial charge in [-0.25, -0.2) is 4.79 Å². The van der Waals surface area contributed by atoms with Crippen LogP contribution in [0, 0.1) is 57.2 Å². The number of carbonyl (C=O) groups is 3. The first-order chi connectivity index (χ1) is 23.7. The van der Waals surface area contributed by atoms with Crippen LogP contribution in [0.3, 0.4) is 0 Å². The van der Waals surface area contributed by atoms with Crippen LogP contribution in [0.15, 0.2) is 30.3 Å². The van der Waals surface area contributed by atoms with Gasteiger partial charge in [0.25, 0.3) is 0 Å². The van der Waals surface area contributed by atoms with Crippen LogP contribution in [0.5, 0.6) is 0 Å². The highest BCUT2D eigenvalue weighted by Gasteiger charge is 2.68. The minimum Gasteiger partial charge on any atom is -0.460 e. The molecule has 4 aliphatic rings. The molecule has 1 aromatic carbocycles. The number of esters is 1. The molecule has 5 rings (SSSR count). The van der Waals surface area contributed by atoms with Crippen LogP contribution in [0.1, 0.15) is 138 Å². The summed E-state index contributed by atoms with van der Waals surface area (Å²) in [6.07, 6.45) is 12.5. The lowest BCUT2D eigenvalue weighted by molar-refractivity contribution is -0.196. The maximum absolute atomic E-state index is 14.3. The minimum atomic E-state index is -0.413. The van der Waals surface area contributed by atoms with Crippen molar-refractivity contribution in [1.29, 1.82) is 0 Å². The van der Waals surface area contributed by atoms with Gasteiger partial charge in [-0.1, -0.05) is 91.6 Å². The molecule has 7 heteroatoms. The largest absolute Gasteiger partial charge is 0.460 e. The molecule has 0 saturated heterocycles. The first kappa shape index (κ1) is 38.7. The van der Waals surface area contributed by atoms with Gasteiger partial charge < -0.3 is 20.1 Å². The van der Waals surface area contributed by atoms with E-state index >= 15 is 0 Å². The third kappa shape index (κ3) is 7.22. The Hall–Kier alpha value is -2.57. The van der Waals surface area contributed by atoms with Gasteiger partial charge in [-0.15, -0.1) is 0 Å². The number of benzene rings is 1. The lowest BCUT2D eigenvalue weighted by Gasteiger charge is -2.68. The lowest BCUT2D eigenvalue weighted by Crippen LogP contribution is -2.63. The van der Waals surface area contributed by atoms with Gasteiger partial charge in [-0.3, -0.25) is 9.59 Å². The normalized spacial score (nSPS) is 34.1. The van der Waals surface area contributed by atoms with Crippen molar-refractivity contribution >= 4 is 18.0 Å². The van der Waals surface area contributed by atoms with Crippen LogP contribution in [0.25, 0.3) is 0 Å². The van der Waals surface area contributed by atoms with E-state index in [1.54, 1.807) is 0 Å². The van der Waals surface area contributed by atoms with Gasteiger partial charge in [0.2, 0.25) is 5.91 Å². The second-order valence-electron chi connectivity index (χ2n) is 18.0. The van der Waals surface area contributed by atoms with E-state index in [-0.39, 0.29) is 53.5 Å². The van der Waals surface area contributed by atoms with Crippen molar-refractivity contribution in [3.63, 3.8) is 0 Å². The molecule has 7 nitrogen and oxygen atoms in total. The van der Waals surface area contributed by atoms with Gasteiger partial charge in [0.15, 0.2) is 0 Å². The van der Waals surface area contributed by atoms with E-state index in [0.29, 0.717) is 42.1 Å². The Morgan fingerprint density at radius 1 is 0.920 bits per heavy atom. The number of ether oxygens (including phenoxy) is 2. The van der Waals surface area contributed by atoms with Crippen LogP contribution < -0.4 is 10.6 Å². The summed E-state index contributed by atoms with van der Waals surface area (Å²) in [5, 5.41) is 5.97. The molecule has 9 atom stereocenters. The molecule has 0 spiro atoms. The third-order valence-corrected chi connectivity index (χ3v) is 15.2. The zero-order valence-corrected chi connectivity index (χ0v) is 32.6. The van der Waals surface area contributed by atoms with Crippen LogP contribution in [0.2, 0.25) is 0 Å². The molecule has 4 aliphatic carbocycles. The monoisotopic (exact) mass is 693 g/mol. The van der Waals surface area contributed by atoms with Gasteiger partial charge >= 0.3 is 12.1 Å². The number of fused-ring (bicyclic) bond motifs is 5. The van der Waals surface area contributed by atoms with E-state index in [4.69, 9.17) is 9.47 Å². The Balaban J connectivity index is 1.31. The highest BCUT2D eigenvalue weighted by molar-refractivity contribution is 5.87. The number of alkyl carbamates (subject to hydrolysis) is 1. The molecule has 50 heavy (non-hydrogen) atoms. The zero-order chi connectivity index (χ0) is 36.3. The lowest BCUT2D eigenvalue weighted by atomic mass is 9.37. The fraction of sp³-hybridized carbons (Fsp3) is 0.791. The number of hydrogen-bond acceptors (Lipinski definition) is 5. The molecule has 0 bridgehead atoms. The topological polar surface area (TPSA) is 93.7 Å². The number of rotatable bonds is 13. The third-order valence-electron chi connectivity index (χ3n) is 15.2. The van der Waals surface area contributed by atoms with Gasteiger partial charge in [0.1, 0.15) is 19.3 Å². The van der Waals surface area contributed by atoms with E-state index in [1.807, 2.05) is 37.3 Å². The molecule has 0 aliphatic heterocycles. The highest BCUT2D eigenvalue weighted by atomic mass is 16.6. The number of unbranched alkanes of at least 4 members (excludes halogenated alkanes) is 1. The van der Waals surface area contributed by atoms with E-state index in [0.717, 1.165) is 56.9 Å². The first-order valence-electron chi connectivity index (χ1n) is 20.2. The number of hydrogen-bond donors (Lipinski definition) is 2. The average molecular weight is 693 g/mol. The fourth-order valence-corrected chi connectivity index (χ4v) is 11.9. The van der Waals surface area contributed by atoms with Crippen molar-refractivity contribution in [3.05, 3.63) is 35.9 Å². The molecule has 1 aromatic rings. The second kappa shape index (κ2) is 15.6. The Labute approximate surface area is 303 Å². The van der Waals surface area contributed by atoms with Crippen molar-refractivity contribution in [2.45, 2.75) is 145 Å². The second-order valence-corrected chi connectivity index (χ2v) is 18.0. The quantitative estimate of drug-likeness (QED) is 0.201. The zero-order valence-electron chi connectivity index (χ0n) is 32.6.